The number of aromatic nitrogens is 2. The van der Waals surface area contributed by atoms with Crippen LogP contribution in [0.15, 0.2) is 23.6 Å². The third kappa shape index (κ3) is 3.73. The van der Waals surface area contributed by atoms with Gasteiger partial charge >= 0.3 is 5.97 Å². The number of thiazole rings is 1. The molecular formula is C20H21ClFN3O2S. The lowest BCUT2D eigenvalue weighted by molar-refractivity contribution is -0.139. The smallest absolute Gasteiger partial charge is 0.311 e. The Labute approximate surface area is 171 Å². The van der Waals surface area contributed by atoms with Crippen molar-refractivity contribution in [3.8, 4) is 11.3 Å². The highest BCUT2D eigenvalue weighted by molar-refractivity contribution is 7.15. The number of esters is 1. The topological polar surface area (TPSA) is 55.6 Å². The number of nitrogens with one attached hydrogen (secondary N) is 1. The van der Waals surface area contributed by atoms with Gasteiger partial charge in [-0.15, -0.1) is 11.3 Å². The number of carbonyl (C=O) groups is 1. The Balaban J connectivity index is 1.83. The van der Waals surface area contributed by atoms with E-state index in [1.165, 1.54) is 49.8 Å². The first-order chi connectivity index (χ1) is 13.6. The van der Waals surface area contributed by atoms with Crippen molar-refractivity contribution in [2.75, 3.05) is 12.4 Å². The molecule has 1 fully saturated rings. The fourth-order valence-electron chi connectivity index (χ4n) is 3.70. The highest BCUT2D eigenvalue weighted by Crippen LogP contribution is 2.37. The van der Waals surface area contributed by atoms with Crippen molar-refractivity contribution in [3.63, 3.8) is 0 Å². The number of halogens is 2. The van der Waals surface area contributed by atoms with E-state index in [4.69, 9.17) is 21.3 Å². The molecule has 4 rings (SSSR count). The standard InChI is InChI=1S/C20H21ClFN3O2S/c1-27-17(26)10-14-11-28-20-24-18(15-8-7-12(22)9-16(15)21)19(25(14)20)23-13-5-3-2-4-6-13/h7-9,11,13,23H,2-6,10H2,1H3. The van der Waals surface area contributed by atoms with Crippen LogP contribution in [0, 0.1) is 5.82 Å². The summed E-state index contributed by atoms with van der Waals surface area (Å²) in [6.45, 7) is 0. The highest BCUT2D eigenvalue weighted by Gasteiger charge is 2.24. The van der Waals surface area contributed by atoms with E-state index in [2.05, 4.69) is 5.32 Å². The van der Waals surface area contributed by atoms with E-state index in [1.807, 2.05) is 9.78 Å². The van der Waals surface area contributed by atoms with Gasteiger partial charge in [0.25, 0.3) is 0 Å². The minimum absolute atomic E-state index is 0.156. The van der Waals surface area contributed by atoms with E-state index in [1.54, 1.807) is 6.07 Å². The normalized spacial score (nSPS) is 15.1. The SMILES string of the molecule is COC(=O)Cc1csc2nc(-c3ccc(F)cc3Cl)c(NC3CCCCC3)n12. The third-order valence-corrected chi connectivity index (χ3v) is 6.31. The number of hydrogen-bond donors (Lipinski definition) is 1. The second-order valence-electron chi connectivity index (χ2n) is 7.01. The van der Waals surface area contributed by atoms with Crippen LogP contribution in [0.2, 0.25) is 5.02 Å². The fraction of sp³-hybridized carbons (Fsp3) is 0.400. The largest absolute Gasteiger partial charge is 0.469 e. The Kier molecular flexibility index (Phi) is 5.55. The summed E-state index contributed by atoms with van der Waals surface area (Å²) in [7, 11) is 1.38. The third-order valence-electron chi connectivity index (χ3n) is 5.12. The van der Waals surface area contributed by atoms with Crippen LogP contribution in [0.5, 0.6) is 0 Å². The number of nitrogens with zero attached hydrogens (tertiary/aromatic N) is 2. The van der Waals surface area contributed by atoms with E-state index in [0.29, 0.717) is 22.3 Å². The zero-order valence-electron chi connectivity index (χ0n) is 15.5. The van der Waals surface area contributed by atoms with Gasteiger partial charge in [-0.3, -0.25) is 9.20 Å². The van der Waals surface area contributed by atoms with Gasteiger partial charge in [0.2, 0.25) is 0 Å². The van der Waals surface area contributed by atoms with Gasteiger partial charge in [0.05, 0.1) is 18.6 Å². The zero-order valence-corrected chi connectivity index (χ0v) is 17.1. The lowest BCUT2D eigenvalue weighted by Gasteiger charge is -2.24. The van der Waals surface area contributed by atoms with E-state index < -0.39 is 0 Å². The quantitative estimate of drug-likeness (QED) is 0.567. The van der Waals surface area contributed by atoms with Crippen molar-refractivity contribution in [1.29, 1.82) is 0 Å². The van der Waals surface area contributed by atoms with Crippen LogP contribution in [-0.2, 0) is 16.0 Å². The van der Waals surface area contributed by atoms with Crippen molar-refractivity contribution >= 4 is 39.7 Å². The summed E-state index contributed by atoms with van der Waals surface area (Å²) in [4.78, 5) is 17.4. The van der Waals surface area contributed by atoms with Crippen molar-refractivity contribution in [3.05, 3.63) is 40.1 Å². The van der Waals surface area contributed by atoms with Gasteiger partial charge in [-0.05, 0) is 31.0 Å². The lowest BCUT2D eigenvalue weighted by Crippen LogP contribution is -2.23. The van der Waals surface area contributed by atoms with Crippen molar-refractivity contribution in [2.24, 2.45) is 0 Å². The molecule has 28 heavy (non-hydrogen) atoms. The minimum Gasteiger partial charge on any atom is -0.469 e. The fourth-order valence-corrected chi connectivity index (χ4v) is 4.85. The van der Waals surface area contributed by atoms with Crippen LogP contribution >= 0.6 is 22.9 Å². The van der Waals surface area contributed by atoms with Crippen molar-refractivity contribution in [1.82, 2.24) is 9.38 Å². The number of benzene rings is 1. The first-order valence-electron chi connectivity index (χ1n) is 9.34. The predicted molar refractivity (Wildman–Crippen MR) is 110 cm³/mol. The van der Waals surface area contributed by atoms with Gasteiger partial charge in [0.15, 0.2) is 4.96 Å². The molecule has 0 bridgehead atoms. The number of carbonyl (C=O) groups excluding carboxylic acids is 1. The maximum Gasteiger partial charge on any atom is 0.311 e. The second-order valence-corrected chi connectivity index (χ2v) is 8.25. The molecule has 1 aliphatic carbocycles. The van der Waals surface area contributed by atoms with Crippen LogP contribution in [0.3, 0.4) is 0 Å². The first-order valence-corrected chi connectivity index (χ1v) is 10.6. The molecule has 2 heterocycles. The number of imidazole rings is 1. The summed E-state index contributed by atoms with van der Waals surface area (Å²) in [5, 5.41) is 5.86. The Morgan fingerprint density at radius 1 is 1.39 bits per heavy atom. The molecule has 2 aromatic heterocycles. The molecule has 0 amide bonds. The number of anilines is 1. The molecule has 1 saturated carbocycles. The van der Waals surface area contributed by atoms with Crippen molar-refractivity contribution in [2.45, 2.75) is 44.6 Å². The number of ether oxygens (including phenoxy) is 1. The molecule has 0 aliphatic heterocycles. The molecule has 1 aliphatic rings. The minimum atomic E-state index is -0.386. The van der Waals surface area contributed by atoms with Crippen molar-refractivity contribution < 1.29 is 13.9 Å². The van der Waals surface area contributed by atoms with E-state index in [0.717, 1.165) is 29.3 Å². The Morgan fingerprint density at radius 2 is 2.18 bits per heavy atom. The molecule has 1 N–H and O–H groups in total. The highest BCUT2D eigenvalue weighted by atomic mass is 35.5. The molecule has 0 saturated heterocycles. The summed E-state index contributed by atoms with van der Waals surface area (Å²) in [6.07, 6.45) is 5.95. The second kappa shape index (κ2) is 8.09. The molecule has 1 aromatic carbocycles. The van der Waals surface area contributed by atoms with Gasteiger partial charge in [-0.25, -0.2) is 9.37 Å². The lowest BCUT2D eigenvalue weighted by atomic mass is 9.95. The maximum atomic E-state index is 13.6. The van der Waals surface area contributed by atoms with Crippen LogP contribution in [-0.4, -0.2) is 28.5 Å². The number of methoxy groups -OCH3 is 1. The van der Waals surface area contributed by atoms with Crippen LogP contribution in [0.25, 0.3) is 16.2 Å². The number of hydrogen-bond acceptors (Lipinski definition) is 5. The predicted octanol–water partition coefficient (Wildman–Crippen LogP) is 5.32. The van der Waals surface area contributed by atoms with Gasteiger partial charge in [0, 0.05) is 22.7 Å². The van der Waals surface area contributed by atoms with Gasteiger partial charge in [0.1, 0.15) is 17.3 Å². The maximum absolute atomic E-state index is 13.6. The summed E-state index contributed by atoms with van der Waals surface area (Å²) in [5.74, 6) is 0.108. The Bertz CT molecular complexity index is 1010. The molecular weight excluding hydrogens is 401 g/mol. The Hall–Kier alpha value is -2.12. The summed E-state index contributed by atoms with van der Waals surface area (Å²) in [6, 6.07) is 4.66. The molecule has 0 atom stereocenters. The molecule has 0 radical (unpaired) electrons. The van der Waals surface area contributed by atoms with E-state index in [-0.39, 0.29) is 18.2 Å². The average Bonchev–Trinajstić information content (AvgIpc) is 3.23. The molecule has 3 aromatic rings. The van der Waals surface area contributed by atoms with Gasteiger partial charge in [-0.1, -0.05) is 30.9 Å². The van der Waals surface area contributed by atoms with E-state index in [9.17, 15) is 9.18 Å². The van der Waals surface area contributed by atoms with Crippen LogP contribution in [0.4, 0.5) is 10.2 Å². The first kappa shape index (κ1) is 19.2. The van der Waals surface area contributed by atoms with Crippen LogP contribution in [0.1, 0.15) is 37.8 Å². The number of rotatable bonds is 5. The summed E-state index contributed by atoms with van der Waals surface area (Å²) < 4.78 is 20.4. The van der Waals surface area contributed by atoms with Gasteiger partial charge < -0.3 is 10.1 Å². The molecule has 148 valence electrons. The molecule has 0 spiro atoms. The Morgan fingerprint density at radius 3 is 2.89 bits per heavy atom. The van der Waals surface area contributed by atoms with Gasteiger partial charge in [-0.2, -0.15) is 0 Å². The van der Waals surface area contributed by atoms with Crippen LogP contribution < -0.4 is 5.32 Å². The monoisotopic (exact) mass is 421 g/mol. The molecule has 0 unspecified atom stereocenters. The summed E-state index contributed by atoms with van der Waals surface area (Å²) in [5.41, 5.74) is 2.15. The average molecular weight is 422 g/mol. The van der Waals surface area contributed by atoms with E-state index >= 15 is 0 Å². The zero-order chi connectivity index (χ0) is 19.7. The molecule has 5 nitrogen and oxygen atoms in total. The molecule has 8 heteroatoms. The summed E-state index contributed by atoms with van der Waals surface area (Å²) >= 11 is 7.79. The number of fused-ring (bicyclic) bond motifs is 1.